The maximum Gasteiger partial charge on any atom is 0.254 e. The van der Waals surface area contributed by atoms with Crippen molar-refractivity contribution in [1.29, 1.82) is 0 Å². The predicted octanol–water partition coefficient (Wildman–Crippen LogP) is -0.328. The maximum absolute atomic E-state index is 11.6. The van der Waals surface area contributed by atoms with Gasteiger partial charge in [0.2, 0.25) is 5.91 Å². The zero-order valence-electron chi connectivity index (χ0n) is 9.83. The van der Waals surface area contributed by atoms with Crippen LogP contribution >= 0.6 is 0 Å². The van der Waals surface area contributed by atoms with Gasteiger partial charge >= 0.3 is 0 Å². The van der Waals surface area contributed by atoms with Crippen LogP contribution in [-0.2, 0) is 6.73 Å². The number of pyridine rings is 2. The molecule has 0 fully saturated rings. The third-order valence-electron chi connectivity index (χ3n) is 2.38. The monoisotopic (exact) mass is 261 g/mol. The van der Waals surface area contributed by atoms with E-state index in [0.717, 1.165) is 6.07 Å². The third-order valence-corrected chi connectivity index (χ3v) is 2.38. The van der Waals surface area contributed by atoms with Crippen LogP contribution in [0.5, 0.6) is 5.88 Å². The smallest absolute Gasteiger partial charge is 0.254 e. The Labute approximate surface area is 107 Å². The summed E-state index contributed by atoms with van der Waals surface area (Å²) in [5.41, 5.74) is 4.47. The van der Waals surface area contributed by atoms with Gasteiger partial charge in [0.15, 0.2) is 12.6 Å². The average Bonchev–Trinajstić information content (AvgIpc) is 2.37. The minimum atomic E-state index is -0.669. The molecule has 0 aliphatic carbocycles. The third kappa shape index (κ3) is 3.09. The second-order valence-electron chi connectivity index (χ2n) is 3.74. The molecular weight excluding hydrogens is 250 g/mol. The summed E-state index contributed by atoms with van der Waals surface area (Å²) in [5.74, 6) is -0.420. The van der Waals surface area contributed by atoms with Gasteiger partial charge in [0.05, 0.1) is 0 Å². The van der Waals surface area contributed by atoms with E-state index in [-0.39, 0.29) is 23.7 Å². The summed E-state index contributed by atoms with van der Waals surface area (Å²) in [7, 11) is 0. The SMILES string of the molecule is NC(=O)c1ccn(COc2cccc(=O)[nH]2)c(=O)c1. The number of nitrogens with two attached hydrogens (primary N) is 1. The highest BCUT2D eigenvalue weighted by Gasteiger charge is 2.03. The number of nitrogens with one attached hydrogen (secondary N) is 1. The zero-order valence-corrected chi connectivity index (χ0v) is 9.83. The topological polar surface area (TPSA) is 107 Å². The van der Waals surface area contributed by atoms with Crippen molar-refractivity contribution in [3.8, 4) is 5.88 Å². The van der Waals surface area contributed by atoms with Gasteiger partial charge in [0.25, 0.3) is 11.1 Å². The van der Waals surface area contributed by atoms with Crippen LogP contribution in [0.15, 0.2) is 46.1 Å². The Balaban J connectivity index is 2.14. The van der Waals surface area contributed by atoms with Crippen LogP contribution < -0.4 is 21.6 Å². The second kappa shape index (κ2) is 5.21. The Morgan fingerprint density at radius 1 is 1.32 bits per heavy atom. The fourth-order valence-corrected chi connectivity index (χ4v) is 1.42. The van der Waals surface area contributed by atoms with Gasteiger partial charge in [-0.3, -0.25) is 23.9 Å². The van der Waals surface area contributed by atoms with E-state index in [1.54, 1.807) is 6.07 Å². The minimum absolute atomic E-state index is 0.0855. The Morgan fingerprint density at radius 3 is 2.74 bits per heavy atom. The highest BCUT2D eigenvalue weighted by molar-refractivity contribution is 5.92. The lowest BCUT2D eigenvalue weighted by Crippen LogP contribution is -2.24. The molecule has 7 heteroatoms. The van der Waals surface area contributed by atoms with Crippen molar-refractivity contribution >= 4 is 5.91 Å². The van der Waals surface area contributed by atoms with Gasteiger partial charge < -0.3 is 10.5 Å². The molecule has 2 aromatic rings. The molecule has 0 saturated heterocycles. The molecule has 0 spiro atoms. The van der Waals surface area contributed by atoms with Gasteiger partial charge in [-0.1, -0.05) is 6.07 Å². The van der Waals surface area contributed by atoms with Crippen molar-refractivity contribution in [1.82, 2.24) is 9.55 Å². The number of amides is 1. The molecule has 0 aliphatic heterocycles. The molecule has 0 aromatic carbocycles. The molecule has 2 rings (SSSR count). The van der Waals surface area contributed by atoms with E-state index in [0.29, 0.717) is 0 Å². The highest BCUT2D eigenvalue weighted by atomic mass is 16.5. The summed E-state index contributed by atoms with van der Waals surface area (Å²) >= 11 is 0. The fourth-order valence-electron chi connectivity index (χ4n) is 1.42. The van der Waals surface area contributed by atoms with Gasteiger partial charge in [-0.25, -0.2) is 0 Å². The van der Waals surface area contributed by atoms with E-state index in [1.165, 1.54) is 29.0 Å². The second-order valence-corrected chi connectivity index (χ2v) is 3.74. The normalized spacial score (nSPS) is 10.1. The summed E-state index contributed by atoms with van der Waals surface area (Å²) in [6.07, 6.45) is 1.39. The lowest BCUT2D eigenvalue weighted by Gasteiger charge is -2.08. The van der Waals surface area contributed by atoms with Crippen molar-refractivity contribution < 1.29 is 9.53 Å². The van der Waals surface area contributed by atoms with Gasteiger partial charge in [0, 0.05) is 23.9 Å². The molecule has 0 atom stereocenters. The van der Waals surface area contributed by atoms with E-state index < -0.39 is 11.5 Å². The fraction of sp³-hybridized carbons (Fsp3) is 0.0833. The van der Waals surface area contributed by atoms with Crippen molar-refractivity contribution in [2.45, 2.75) is 6.73 Å². The molecule has 0 saturated carbocycles. The Bertz CT molecular complexity index is 717. The number of hydrogen-bond donors (Lipinski definition) is 2. The first kappa shape index (κ1) is 12.6. The summed E-state index contributed by atoms with van der Waals surface area (Å²) in [5, 5.41) is 0. The molecule has 2 heterocycles. The average molecular weight is 261 g/mol. The minimum Gasteiger partial charge on any atom is -0.457 e. The van der Waals surface area contributed by atoms with E-state index in [2.05, 4.69) is 4.98 Å². The van der Waals surface area contributed by atoms with Crippen LogP contribution in [0.3, 0.4) is 0 Å². The number of aromatic nitrogens is 2. The first-order valence-electron chi connectivity index (χ1n) is 5.39. The predicted molar refractivity (Wildman–Crippen MR) is 66.9 cm³/mol. The van der Waals surface area contributed by atoms with Crippen LogP contribution in [-0.4, -0.2) is 15.5 Å². The molecular formula is C12H11N3O4. The van der Waals surface area contributed by atoms with Crippen molar-refractivity contribution in [3.63, 3.8) is 0 Å². The number of aromatic amines is 1. The molecule has 98 valence electrons. The zero-order chi connectivity index (χ0) is 13.8. The lowest BCUT2D eigenvalue weighted by molar-refractivity contribution is 0.0999. The van der Waals surface area contributed by atoms with Gasteiger partial charge in [0.1, 0.15) is 0 Å². The van der Waals surface area contributed by atoms with E-state index in [4.69, 9.17) is 10.5 Å². The van der Waals surface area contributed by atoms with E-state index in [9.17, 15) is 14.4 Å². The first-order chi connectivity index (χ1) is 9.06. The number of primary amides is 1. The van der Waals surface area contributed by atoms with Crippen molar-refractivity contribution in [2.75, 3.05) is 0 Å². The Hall–Kier alpha value is -2.83. The van der Waals surface area contributed by atoms with Gasteiger partial charge in [-0.15, -0.1) is 0 Å². The quantitative estimate of drug-likeness (QED) is 0.785. The van der Waals surface area contributed by atoms with E-state index in [1.807, 2.05) is 0 Å². The van der Waals surface area contributed by atoms with Gasteiger partial charge in [-0.2, -0.15) is 0 Å². The molecule has 7 nitrogen and oxygen atoms in total. The number of nitrogens with zero attached hydrogens (tertiary/aromatic N) is 1. The van der Waals surface area contributed by atoms with Crippen LogP contribution in [0.4, 0.5) is 0 Å². The molecule has 2 aromatic heterocycles. The number of hydrogen-bond acceptors (Lipinski definition) is 4. The summed E-state index contributed by atoms with van der Waals surface area (Å²) in [4.78, 5) is 36.0. The molecule has 0 unspecified atom stereocenters. The van der Waals surface area contributed by atoms with Crippen LogP contribution in [0.2, 0.25) is 0 Å². The molecule has 1 amide bonds. The largest absolute Gasteiger partial charge is 0.457 e. The van der Waals surface area contributed by atoms with Crippen LogP contribution in [0.25, 0.3) is 0 Å². The van der Waals surface area contributed by atoms with E-state index >= 15 is 0 Å². The van der Waals surface area contributed by atoms with Crippen LogP contribution in [0, 0.1) is 0 Å². The standard InChI is InChI=1S/C12H11N3O4/c13-12(18)8-4-5-15(11(17)6-8)7-19-10-3-1-2-9(16)14-10/h1-6H,7H2,(H2,13,18)(H,14,16). The van der Waals surface area contributed by atoms with Crippen molar-refractivity contribution in [2.24, 2.45) is 5.73 Å². The Morgan fingerprint density at radius 2 is 2.11 bits per heavy atom. The summed E-state index contributed by atoms with van der Waals surface area (Å²) in [6, 6.07) is 6.98. The van der Waals surface area contributed by atoms with Crippen LogP contribution in [0.1, 0.15) is 10.4 Å². The molecule has 3 N–H and O–H groups in total. The molecule has 0 aliphatic rings. The lowest BCUT2D eigenvalue weighted by atomic mass is 10.2. The summed E-state index contributed by atoms with van der Waals surface area (Å²) < 4.78 is 6.48. The van der Waals surface area contributed by atoms with Gasteiger partial charge in [-0.05, 0) is 12.1 Å². The maximum atomic E-state index is 11.6. The molecule has 19 heavy (non-hydrogen) atoms. The Kier molecular flexibility index (Phi) is 3.46. The highest BCUT2D eigenvalue weighted by Crippen LogP contribution is 2.01. The van der Waals surface area contributed by atoms with Crippen molar-refractivity contribution in [3.05, 3.63) is 62.8 Å². The molecule has 0 bridgehead atoms. The molecule has 0 radical (unpaired) electrons. The first-order valence-corrected chi connectivity index (χ1v) is 5.39. The number of rotatable bonds is 4. The number of carbonyl (C=O) groups is 1. The number of carbonyl (C=O) groups excluding carboxylic acids is 1. The number of ether oxygens (including phenoxy) is 1. The summed E-state index contributed by atoms with van der Waals surface area (Å²) in [6.45, 7) is -0.0855. The number of H-pyrrole nitrogens is 1.